The summed E-state index contributed by atoms with van der Waals surface area (Å²) in [6.45, 7) is 2.43. The molecule has 0 saturated carbocycles. The predicted molar refractivity (Wildman–Crippen MR) is 107 cm³/mol. The number of thioether (sulfide) groups is 1. The van der Waals surface area contributed by atoms with E-state index >= 15 is 0 Å². The second kappa shape index (κ2) is 9.84. The molecule has 2 aromatic rings. The van der Waals surface area contributed by atoms with Gasteiger partial charge in [-0.3, -0.25) is 14.4 Å². The van der Waals surface area contributed by atoms with E-state index in [2.05, 4.69) is 10.5 Å². The zero-order chi connectivity index (χ0) is 21.7. The number of nitrogens with zero attached hydrogens (tertiary/aromatic N) is 2. The van der Waals surface area contributed by atoms with Crippen molar-refractivity contribution in [2.45, 2.75) is 19.8 Å². The van der Waals surface area contributed by atoms with Crippen LogP contribution < -0.4 is 5.32 Å². The summed E-state index contributed by atoms with van der Waals surface area (Å²) in [5.41, 5.74) is -0.247. The fourth-order valence-electron chi connectivity index (χ4n) is 3.22. The largest absolute Gasteiger partial charge is 0.360 e. The molecule has 1 aromatic carbocycles. The Morgan fingerprint density at radius 3 is 2.60 bits per heavy atom. The Hall–Kier alpha value is -2.75. The number of amides is 2. The van der Waals surface area contributed by atoms with Gasteiger partial charge in [0.25, 0.3) is 0 Å². The number of likely N-dealkylation sites (tertiary alicyclic amines) is 1. The lowest BCUT2D eigenvalue weighted by Crippen LogP contribution is -2.41. The number of hydrogen-bond donors (Lipinski definition) is 1. The minimum Gasteiger partial charge on any atom is -0.360 e. The number of benzene rings is 1. The first kappa shape index (κ1) is 21.9. The third-order valence-electron chi connectivity index (χ3n) is 4.77. The maximum atomic E-state index is 13.8. The van der Waals surface area contributed by atoms with Crippen molar-refractivity contribution in [1.82, 2.24) is 10.1 Å². The maximum Gasteiger partial charge on any atom is 0.235 e. The van der Waals surface area contributed by atoms with Crippen LogP contribution in [0.2, 0.25) is 0 Å². The summed E-state index contributed by atoms with van der Waals surface area (Å²) in [6.07, 6.45) is 0.772. The summed E-state index contributed by atoms with van der Waals surface area (Å²) in [5.74, 6) is -1.59. The average Bonchev–Trinajstić information content (AvgIpc) is 3.13. The van der Waals surface area contributed by atoms with E-state index in [-0.39, 0.29) is 28.9 Å². The fraction of sp³-hybridized carbons (Fsp3) is 0.400. The molecule has 1 aliphatic heterocycles. The number of carbonyl (C=O) groups is 3. The van der Waals surface area contributed by atoms with Gasteiger partial charge in [0.1, 0.15) is 17.4 Å². The van der Waals surface area contributed by atoms with Gasteiger partial charge in [-0.2, -0.15) is 0 Å². The van der Waals surface area contributed by atoms with Gasteiger partial charge in [-0.05, 0) is 38.0 Å². The molecule has 2 amide bonds. The molecule has 2 heterocycles. The molecule has 1 aliphatic rings. The fourth-order valence-corrected chi connectivity index (χ4v) is 3.94. The summed E-state index contributed by atoms with van der Waals surface area (Å²) >= 11 is 1.18. The molecule has 3 rings (SSSR count). The van der Waals surface area contributed by atoms with Crippen molar-refractivity contribution < 1.29 is 27.7 Å². The van der Waals surface area contributed by atoms with Gasteiger partial charge in [-0.15, -0.1) is 11.8 Å². The number of hydrogen-bond acceptors (Lipinski definition) is 6. The number of nitrogens with one attached hydrogen (secondary N) is 1. The second-order valence-electron chi connectivity index (χ2n) is 7.01. The number of piperidine rings is 1. The number of ketones is 1. The van der Waals surface area contributed by atoms with Crippen LogP contribution >= 0.6 is 11.8 Å². The lowest BCUT2D eigenvalue weighted by Gasteiger charge is -2.31. The maximum absolute atomic E-state index is 13.8. The van der Waals surface area contributed by atoms with Gasteiger partial charge >= 0.3 is 0 Å². The van der Waals surface area contributed by atoms with Crippen molar-refractivity contribution in [2.75, 3.05) is 29.9 Å². The molecule has 30 heavy (non-hydrogen) atoms. The second-order valence-corrected chi connectivity index (χ2v) is 7.99. The quantitative estimate of drug-likeness (QED) is 0.670. The summed E-state index contributed by atoms with van der Waals surface area (Å²) < 4.78 is 32.0. The van der Waals surface area contributed by atoms with Gasteiger partial charge in [-0.25, -0.2) is 8.78 Å². The van der Waals surface area contributed by atoms with Crippen LogP contribution in [0.1, 0.15) is 29.0 Å². The first-order valence-electron chi connectivity index (χ1n) is 9.41. The average molecular weight is 437 g/mol. The first-order chi connectivity index (χ1) is 14.3. The van der Waals surface area contributed by atoms with Crippen LogP contribution in [0.15, 0.2) is 28.8 Å². The van der Waals surface area contributed by atoms with Crippen molar-refractivity contribution in [3.8, 4) is 0 Å². The lowest BCUT2D eigenvalue weighted by atomic mass is 9.88. The van der Waals surface area contributed by atoms with Crippen LogP contribution in [0.5, 0.6) is 0 Å². The summed E-state index contributed by atoms with van der Waals surface area (Å²) in [7, 11) is 0. The van der Waals surface area contributed by atoms with Crippen molar-refractivity contribution in [2.24, 2.45) is 5.92 Å². The monoisotopic (exact) mass is 437 g/mol. The standard InChI is InChI=1S/C20H21F2N3O4S/c1-12-8-17(24-29-12)23-18(26)10-30-11-19(27)25-6-4-13(5-7-25)20(28)15-9-14(21)2-3-16(15)22/h2-3,8-9,13H,4-7,10-11H2,1H3,(H,23,24,26). The van der Waals surface area contributed by atoms with Gasteiger partial charge in [-0.1, -0.05) is 5.16 Å². The molecule has 1 aromatic heterocycles. The Balaban J connectivity index is 1.41. The third kappa shape index (κ3) is 5.65. The molecule has 0 atom stereocenters. The van der Waals surface area contributed by atoms with Gasteiger partial charge in [0.2, 0.25) is 11.8 Å². The number of anilines is 1. The van der Waals surface area contributed by atoms with Crippen LogP contribution in [0, 0.1) is 24.5 Å². The van der Waals surface area contributed by atoms with E-state index in [0.717, 1.165) is 18.2 Å². The number of carbonyl (C=O) groups excluding carboxylic acids is 3. The number of Topliss-reactive ketones (excluding diaryl/α,β-unsaturated/α-hetero) is 1. The van der Waals surface area contributed by atoms with Crippen molar-refractivity contribution >= 4 is 35.2 Å². The van der Waals surface area contributed by atoms with E-state index in [9.17, 15) is 23.2 Å². The SMILES string of the molecule is Cc1cc(NC(=O)CSCC(=O)N2CCC(C(=O)c3cc(F)ccc3F)CC2)no1. The molecule has 160 valence electrons. The highest BCUT2D eigenvalue weighted by Crippen LogP contribution is 2.24. The number of aryl methyl sites for hydroxylation is 1. The molecular weight excluding hydrogens is 416 g/mol. The van der Waals surface area contributed by atoms with Gasteiger partial charge in [0.15, 0.2) is 11.6 Å². The Morgan fingerprint density at radius 1 is 1.20 bits per heavy atom. The van der Waals surface area contributed by atoms with Gasteiger partial charge in [0, 0.05) is 25.1 Å². The van der Waals surface area contributed by atoms with E-state index < -0.39 is 23.3 Å². The Labute approximate surface area is 176 Å². The molecular formula is C20H21F2N3O4S. The highest BCUT2D eigenvalue weighted by molar-refractivity contribution is 8.00. The van der Waals surface area contributed by atoms with Crippen LogP contribution in [0.25, 0.3) is 0 Å². The predicted octanol–water partition coefficient (Wildman–Crippen LogP) is 3.05. The number of aromatic nitrogens is 1. The third-order valence-corrected chi connectivity index (χ3v) is 5.68. The molecule has 0 unspecified atom stereocenters. The Morgan fingerprint density at radius 2 is 1.93 bits per heavy atom. The molecule has 0 spiro atoms. The molecule has 0 aliphatic carbocycles. The molecule has 7 nitrogen and oxygen atoms in total. The summed E-state index contributed by atoms with van der Waals surface area (Å²) in [4.78, 5) is 38.3. The highest BCUT2D eigenvalue weighted by Gasteiger charge is 2.29. The number of halogens is 2. The van der Waals surface area contributed by atoms with E-state index in [0.29, 0.717) is 37.5 Å². The molecule has 0 radical (unpaired) electrons. The van der Waals surface area contributed by atoms with Gasteiger partial charge in [0.05, 0.1) is 17.1 Å². The van der Waals surface area contributed by atoms with E-state index in [1.165, 1.54) is 11.8 Å². The molecule has 1 saturated heterocycles. The van der Waals surface area contributed by atoms with E-state index in [1.807, 2.05) is 0 Å². The van der Waals surface area contributed by atoms with E-state index in [4.69, 9.17) is 4.52 Å². The van der Waals surface area contributed by atoms with Crippen LogP contribution in [-0.2, 0) is 9.59 Å². The zero-order valence-electron chi connectivity index (χ0n) is 16.3. The molecule has 0 bridgehead atoms. The highest BCUT2D eigenvalue weighted by atomic mass is 32.2. The summed E-state index contributed by atoms with van der Waals surface area (Å²) in [5, 5.41) is 6.24. The zero-order valence-corrected chi connectivity index (χ0v) is 17.1. The minimum absolute atomic E-state index is 0.0887. The van der Waals surface area contributed by atoms with Crippen molar-refractivity contribution in [3.63, 3.8) is 0 Å². The van der Waals surface area contributed by atoms with Gasteiger partial charge < -0.3 is 14.7 Å². The molecule has 1 N–H and O–H groups in total. The van der Waals surface area contributed by atoms with Crippen LogP contribution in [0.4, 0.5) is 14.6 Å². The molecule has 1 fully saturated rings. The summed E-state index contributed by atoms with van der Waals surface area (Å²) in [6, 6.07) is 4.42. The molecule has 10 heteroatoms. The Kier molecular flexibility index (Phi) is 7.20. The Bertz CT molecular complexity index is 942. The number of rotatable bonds is 7. The van der Waals surface area contributed by atoms with Crippen LogP contribution in [0.3, 0.4) is 0 Å². The smallest absolute Gasteiger partial charge is 0.235 e. The first-order valence-corrected chi connectivity index (χ1v) is 10.6. The van der Waals surface area contributed by atoms with Crippen LogP contribution in [-0.4, -0.2) is 52.2 Å². The van der Waals surface area contributed by atoms with Crippen molar-refractivity contribution in [1.29, 1.82) is 0 Å². The minimum atomic E-state index is -0.740. The topological polar surface area (TPSA) is 92.5 Å². The lowest BCUT2D eigenvalue weighted by molar-refractivity contribution is -0.129. The van der Waals surface area contributed by atoms with Crippen molar-refractivity contribution in [3.05, 3.63) is 47.2 Å². The normalized spacial score (nSPS) is 14.6. The van der Waals surface area contributed by atoms with E-state index in [1.54, 1.807) is 17.9 Å².